The summed E-state index contributed by atoms with van der Waals surface area (Å²) in [5.74, 6) is -2.19. The van der Waals surface area contributed by atoms with Crippen LogP contribution in [0.25, 0.3) is 0 Å². The number of hydrogen-bond acceptors (Lipinski definition) is 4. The quantitative estimate of drug-likeness (QED) is 0.555. The van der Waals surface area contributed by atoms with Crippen LogP contribution in [0.2, 0.25) is 0 Å². The molecule has 3 rings (SSSR count). The van der Waals surface area contributed by atoms with Gasteiger partial charge >= 0.3 is 12.2 Å². The van der Waals surface area contributed by atoms with Crippen LogP contribution in [0.15, 0.2) is 53.7 Å². The van der Waals surface area contributed by atoms with E-state index >= 15 is 0 Å². The summed E-state index contributed by atoms with van der Waals surface area (Å²) < 4.78 is 79.8. The number of amides is 2. The first-order valence-corrected chi connectivity index (χ1v) is 11.3. The molecule has 174 valence electrons. The Kier molecular flexibility index (Phi) is 7.34. The maximum absolute atomic E-state index is 13.6. The van der Waals surface area contributed by atoms with Gasteiger partial charge in [0.2, 0.25) is 10.0 Å². The van der Waals surface area contributed by atoms with Gasteiger partial charge in [-0.25, -0.2) is 22.3 Å². The van der Waals surface area contributed by atoms with Crippen LogP contribution in [0, 0.1) is 5.92 Å². The molecular weight excluding hydrogens is 452 g/mol. The van der Waals surface area contributed by atoms with Crippen LogP contribution in [0.4, 0.5) is 28.0 Å². The normalized spacial score (nSPS) is 21.7. The molecule has 3 atom stereocenters. The van der Waals surface area contributed by atoms with Gasteiger partial charge in [0.25, 0.3) is 0 Å². The SMILES string of the molecule is O=C(NCc1cccnc1)Nc1ccc(S(=O)(=O)NC2CCC(F)C(C(F)(F)F)C2)cc1. The number of benzene rings is 1. The molecule has 1 heterocycles. The third kappa shape index (κ3) is 6.39. The lowest BCUT2D eigenvalue weighted by molar-refractivity contribution is -0.199. The number of sulfonamides is 1. The van der Waals surface area contributed by atoms with Crippen molar-refractivity contribution in [2.24, 2.45) is 5.92 Å². The van der Waals surface area contributed by atoms with Crippen molar-refractivity contribution in [2.45, 2.75) is 49.1 Å². The van der Waals surface area contributed by atoms with Gasteiger partial charge in [0.1, 0.15) is 6.17 Å². The standard InChI is InChI=1S/C20H22F4N4O3S/c21-18-8-5-15(10-17(18)20(22,23)24)28-32(30,31)16-6-3-14(4-7-16)27-19(29)26-12-13-2-1-9-25-11-13/h1-4,6-7,9,11,15,17-18,28H,5,8,10,12H2,(H2,26,27,29). The van der Waals surface area contributed by atoms with Crippen LogP contribution < -0.4 is 15.4 Å². The summed E-state index contributed by atoms with van der Waals surface area (Å²) in [7, 11) is -4.11. The highest BCUT2D eigenvalue weighted by Crippen LogP contribution is 2.39. The molecule has 3 N–H and O–H groups in total. The molecule has 1 aliphatic carbocycles. The second kappa shape index (κ2) is 9.82. The summed E-state index contributed by atoms with van der Waals surface area (Å²) in [6.45, 7) is 0.246. The van der Waals surface area contributed by atoms with Crippen molar-refractivity contribution < 1.29 is 30.8 Å². The molecule has 1 fully saturated rings. The molecule has 1 saturated carbocycles. The highest BCUT2D eigenvalue weighted by Gasteiger charge is 2.48. The lowest BCUT2D eigenvalue weighted by Gasteiger charge is -2.33. The molecule has 0 radical (unpaired) electrons. The number of nitrogens with zero attached hydrogens (tertiary/aromatic N) is 1. The molecule has 7 nitrogen and oxygen atoms in total. The Balaban J connectivity index is 1.56. The van der Waals surface area contributed by atoms with Gasteiger partial charge in [-0.1, -0.05) is 6.07 Å². The number of aromatic nitrogens is 1. The van der Waals surface area contributed by atoms with Gasteiger partial charge in [0.05, 0.1) is 10.8 Å². The number of alkyl halides is 4. The number of rotatable bonds is 6. The van der Waals surface area contributed by atoms with Crippen molar-refractivity contribution in [3.05, 3.63) is 54.4 Å². The summed E-state index contributed by atoms with van der Waals surface area (Å²) >= 11 is 0. The third-order valence-electron chi connectivity index (χ3n) is 5.11. The molecule has 1 aromatic carbocycles. The summed E-state index contributed by atoms with van der Waals surface area (Å²) in [6.07, 6.45) is -4.60. The van der Waals surface area contributed by atoms with E-state index in [1.165, 1.54) is 24.3 Å². The van der Waals surface area contributed by atoms with Crippen molar-refractivity contribution in [1.82, 2.24) is 15.0 Å². The van der Waals surface area contributed by atoms with Crippen molar-refractivity contribution >= 4 is 21.7 Å². The third-order valence-corrected chi connectivity index (χ3v) is 6.64. The minimum Gasteiger partial charge on any atom is -0.334 e. The van der Waals surface area contributed by atoms with Crippen molar-refractivity contribution in [2.75, 3.05) is 5.32 Å². The van der Waals surface area contributed by atoms with Crippen molar-refractivity contribution in [3.63, 3.8) is 0 Å². The Morgan fingerprint density at radius 2 is 1.84 bits per heavy atom. The van der Waals surface area contributed by atoms with Crippen LogP contribution in [0.1, 0.15) is 24.8 Å². The van der Waals surface area contributed by atoms with Crippen LogP contribution >= 0.6 is 0 Å². The van der Waals surface area contributed by atoms with Crippen LogP contribution in [0.3, 0.4) is 0 Å². The largest absolute Gasteiger partial charge is 0.394 e. The topological polar surface area (TPSA) is 100 Å². The first kappa shape index (κ1) is 23.9. The molecule has 1 aromatic heterocycles. The molecule has 1 aliphatic rings. The monoisotopic (exact) mass is 474 g/mol. The molecule has 32 heavy (non-hydrogen) atoms. The van der Waals surface area contributed by atoms with E-state index in [0.717, 1.165) is 5.56 Å². The molecular formula is C20H22F4N4O3S. The fourth-order valence-corrected chi connectivity index (χ4v) is 4.73. The zero-order valence-electron chi connectivity index (χ0n) is 16.8. The number of nitrogens with one attached hydrogen (secondary N) is 3. The highest BCUT2D eigenvalue weighted by molar-refractivity contribution is 7.89. The molecule has 0 spiro atoms. The first-order chi connectivity index (χ1) is 15.0. The maximum Gasteiger partial charge on any atom is 0.394 e. The molecule has 12 heteroatoms. The predicted molar refractivity (Wildman–Crippen MR) is 109 cm³/mol. The Morgan fingerprint density at radius 3 is 2.47 bits per heavy atom. The minimum absolute atomic E-state index is 0.0241. The van der Waals surface area contributed by atoms with Crippen molar-refractivity contribution in [3.8, 4) is 0 Å². The minimum atomic E-state index is -4.73. The summed E-state index contributed by atoms with van der Waals surface area (Å²) in [5.41, 5.74) is 1.12. The average Bonchev–Trinajstić information content (AvgIpc) is 2.74. The van der Waals surface area contributed by atoms with E-state index in [4.69, 9.17) is 0 Å². The van der Waals surface area contributed by atoms with Gasteiger partial charge in [-0.05, 0) is 55.2 Å². The number of carbonyl (C=O) groups excluding carboxylic acids is 1. The Morgan fingerprint density at radius 1 is 1.12 bits per heavy atom. The van der Waals surface area contributed by atoms with E-state index in [9.17, 15) is 30.8 Å². The lowest BCUT2D eigenvalue weighted by Crippen LogP contribution is -2.45. The molecule has 0 aliphatic heterocycles. The van der Waals surface area contributed by atoms with Crippen LogP contribution in [-0.4, -0.2) is 37.8 Å². The van der Waals surface area contributed by atoms with Gasteiger partial charge in [0, 0.05) is 30.7 Å². The fraction of sp³-hybridized carbons (Fsp3) is 0.400. The zero-order chi connectivity index (χ0) is 23.4. The molecule has 3 unspecified atom stereocenters. The van der Waals surface area contributed by atoms with E-state index in [0.29, 0.717) is 5.69 Å². The summed E-state index contributed by atoms with van der Waals surface area (Å²) in [6, 6.07) is 7.15. The zero-order valence-corrected chi connectivity index (χ0v) is 17.6. The number of pyridine rings is 1. The second-order valence-corrected chi connectivity index (χ2v) is 9.20. The van der Waals surface area contributed by atoms with Gasteiger partial charge in [-0.3, -0.25) is 4.98 Å². The van der Waals surface area contributed by atoms with E-state index < -0.39 is 46.8 Å². The number of hydrogen-bond donors (Lipinski definition) is 3. The molecule has 2 amide bonds. The van der Waals surface area contributed by atoms with Gasteiger partial charge in [-0.15, -0.1) is 0 Å². The van der Waals surface area contributed by atoms with Crippen LogP contribution in [-0.2, 0) is 16.6 Å². The second-order valence-electron chi connectivity index (χ2n) is 7.49. The lowest BCUT2D eigenvalue weighted by atomic mass is 9.84. The van der Waals surface area contributed by atoms with E-state index in [2.05, 4.69) is 20.3 Å². The predicted octanol–water partition coefficient (Wildman–Crippen LogP) is 3.75. The Bertz CT molecular complexity index is 1020. The van der Waals surface area contributed by atoms with Crippen LogP contribution in [0.5, 0.6) is 0 Å². The van der Waals surface area contributed by atoms with E-state index in [1.807, 2.05) is 0 Å². The number of carbonyl (C=O) groups is 1. The maximum atomic E-state index is 13.6. The van der Waals surface area contributed by atoms with Gasteiger partial charge in [0.15, 0.2) is 0 Å². The molecule has 0 saturated heterocycles. The Labute approximate surface area is 182 Å². The number of halogens is 4. The molecule has 0 bridgehead atoms. The summed E-state index contributed by atoms with van der Waals surface area (Å²) in [5, 5.41) is 5.17. The fourth-order valence-electron chi connectivity index (χ4n) is 3.44. The summed E-state index contributed by atoms with van der Waals surface area (Å²) in [4.78, 5) is 15.7. The van der Waals surface area contributed by atoms with E-state index in [-0.39, 0.29) is 24.3 Å². The smallest absolute Gasteiger partial charge is 0.334 e. The van der Waals surface area contributed by atoms with Gasteiger partial charge in [-0.2, -0.15) is 13.2 Å². The average molecular weight is 474 g/mol. The first-order valence-electron chi connectivity index (χ1n) is 9.81. The van der Waals surface area contributed by atoms with Gasteiger partial charge < -0.3 is 10.6 Å². The molecule has 2 aromatic rings. The van der Waals surface area contributed by atoms with E-state index in [1.54, 1.807) is 24.5 Å². The highest BCUT2D eigenvalue weighted by atomic mass is 32.2. The number of anilines is 1. The number of urea groups is 1. The Hall–Kier alpha value is -2.73. The van der Waals surface area contributed by atoms with Crippen molar-refractivity contribution in [1.29, 1.82) is 0 Å².